The molecule has 0 spiro atoms. The van der Waals surface area contributed by atoms with Crippen LogP contribution in [-0.2, 0) is 13.6 Å². The Kier molecular flexibility index (Phi) is 2.22. The van der Waals surface area contributed by atoms with Gasteiger partial charge in [-0.3, -0.25) is 4.68 Å². The van der Waals surface area contributed by atoms with Gasteiger partial charge in [-0.15, -0.1) is 0 Å². The highest BCUT2D eigenvalue weighted by atomic mass is 15.3. The molecule has 0 amide bonds. The third-order valence-electron chi connectivity index (χ3n) is 2.37. The largest absolute Gasteiger partial charge is 0.384 e. The van der Waals surface area contributed by atoms with E-state index in [2.05, 4.69) is 10.2 Å². The molecule has 0 bridgehead atoms. The van der Waals surface area contributed by atoms with Crippen molar-refractivity contribution in [3.05, 3.63) is 29.2 Å². The van der Waals surface area contributed by atoms with Crippen LogP contribution in [0.1, 0.15) is 17.0 Å². The van der Waals surface area contributed by atoms with E-state index in [1.165, 1.54) is 0 Å². The zero-order chi connectivity index (χ0) is 11.0. The number of aryl methyl sites for hydroxylation is 3. The second-order valence-electron chi connectivity index (χ2n) is 3.78. The third kappa shape index (κ3) is 1.86. The first-order chi connectivity index (χ1) is 7.06. The summed E-state index contributed by atoms with van der Waals surface area (Å²) in [5, 5.41) is 8.59. The molecule has 0 atom stereocenters. The van der Waals surface area contributed by atoms with E-state index in [4.69, 9.17) is 5.73 Å². The molecule has 0 aliphatic rings. The van der Waals surface area contributed by atoms with Gasteiger partial charge in [0.2, 0.25) is 0 Å². The Morgan fingerprint density at radius 1 is 1.33 bits per heavy atom. The first-order valence-corrected chi connectivity index (χ1v) is 4.85. The Labute approximate surface area is 88.5 Å². The summed E-state index contributed by atoms with van der Waals surface area (Å²) in [7, 11) is 1.91. The normalized spacial score (nSPS) is 10.9. The zero-order valence-electron chi connectivity index (χ0n) is 9.23. The highest BCUT2D eigenvalue weighted by Crippen LogP contribution is 2.11. The van der Waals surface area contributed by atoms with Gasteiger partial charge in [0.25, 0.3) is 0 Å². The Morgan fingerprint density at radius 3 is 2.53 bits per heavy atom. The summed E-state index contributed by atoms with van der Waals surface area (Å²) in [5.41, 5.74) is 8.92. The molecule has 0 aromatic carbocycles. The van der Waals surface area contributed by atoms with Crippen LogP contribution in [-0.4, -0.2) is 19.6 Å². The number of aromatic nitrogens is 4. The quantitative estimate of drug-likeness (QED) is 0.791. The molecule has 2 heterocycles. The number of anilines is 1. The molecule has 5 nitrogen and oxygen atoms in total. The van der Waals surface area contributed by atoms with Gasteiger partial charge in [-0.2, -0.15) is 10.2 Å². The smallest absolute Gasteiger partial charge is 0.122 e. The van der Waals surface area contributed by atoms with Crippen molar-refractivity contribution in [2.45, 2.75) is 20.4 Å². The van der Waals surface area contributed by atoms with Crippen molar-refractivity contribution in [3.8, 4) is 0 Å². The fourth-order valence-corrected chi connectivity index (χ4v) is 1.66. The minimum Gasteiger partial charge on any atom is -0.384 e. The van der Waals surface area contributed by atoms with Gasteiger partial charge in [0.15, 0.2) is 0 Å². The standard InChI is InChI=1S/C10H15N5/c1-7-4-10(11)15(12-7)6-9-5-14(3)13-8(9)2/h4-5H,6,11H2,1-3H3. The Morgan fingerprint density at radius 2 is 2.07 bits per heavy atom. The van der Waals surface area contributed by atoms with Gasteiger partial charge in [0.05, 0.1) is 17.9 Å². The Balaban J connectivity index is 2.29. The summed E-state index contributed by atoms with van der Waals surface area (Å²) in [6, 6.07) is 1.87. The molecule has 0 unspecified atom stereocenters. The molecule has 5 heteroatoms. The van der Waals surface area contributed by atoms with Crippen molar-refractivity contribution >= 4 is 5.82 Å². The number of nitrogens with two attached hydrogens (primary N) is 1. The average molecular weight is 205 g/mol. The molecule has 0 aliphatic heterocycles. The fraction of sp³-hybridized carbons (Fsp3) is 0.400. The van der Waals surface area contributed by atoms with E-state index in [1.54, 1.807) is 9.36 Å². The summed E-state index contributed by atoms with van der Waals surface area (Å²) >= 11 is 0. The van der Waals surface area contributed by atoms with Gasteiger partial charge in [0, 0.05) is 24.9 Å². The van der Waals surface area contributed by atoms with Crippen molar-refractivity contribution < 1.29 is 0 Å². The second kappa shape index (κ2) is 3.42. The molecule has 0 fully saturated rings. The van der Waals surface area contributed by atoms with Crippen LogP contribution >= 0.6 is 0 Å². The molecule has 0 saturated heterocycles. The van der Waals surface area contributed by atoms with Gasteiger partial charge in [-0.05, 0) is 13.8 Å². The lowest BCUT2D eigenvalue weighted by Crippen LogP contribution is -2.06. The summed E-state index contributed by atoms with van der Waals surface area (Å²) in [6.45, 7) is 4.60. The fourth-order valence-electron chi connectivity index (χ4n) is 1.66. The number of nitrogens with zero attached hydrogens (tertiary/aromatic N) is 4. The summed E-state index contributed by atoms with van der Waals surface area (Å²) in [4.78, 5) is 0. The number of hydrogen-bond acceptors (Lipinski definition) is 3. The van der Waals surface area contributed by atoms with E-state index in [0.29, 0.717) is 12.4 Å². The van der Waals surface area contributed by atoms with E-state index < -0.39 is 0 Å². The summed E-state index contributed by atoms with van der Waals surface area (Å²) in [6.07, 6.45) is 1.99. The highest BCUT2D eigenvalue weighted by molar-refractivity contribution is 5.31. The van der Waals surface area contributed by atoms with Crippen LogP contribution in [0.15, 0.2) is 12.3 Å². The maximum Gasteiger partial charge on any atom is 0.122 e. The molecule has 2 rings (SSSR count). The van der Waals surface area contributed by atoms with Gasteiger partial charge in [0.1, 0.15) is 5.82 Å². The predicted octanol–water partition coefficient (Wildman–Crippen LogP) is 0.864. The number of nitrogen functional groups attached to an aromatic ring is 1. The van der Waals surface area contributed by atoms with Crippen LogP contribution in [0.4, 0.5) is 5.82 Å². The molecule has 2 aromatic rings. The minimum absolute atomic E-state index is 0.680. The molecule has 0 radical (unpaired) electrons. The zero-order valence-corrected chi connectivity index (χ0v) is 9.23. The summed E-state index contributed by atoms with van der Waals surface area (Å²) in [5.74, 6) is 0.691. The van der Waals surface area contributed by atoms with E-state index in [9.17, 15) is 0 Å². The lowest BCUT2D eigenvalue weighted by atomic mass is 10.3. The average Bonchev–Trinajstić information content (AvgIpc) is 2.58. The lowest BCUT2D eigenvalue weighted by Gasteiger charge is -2.01. The monoisotopic (exact) mass is 205 g/mol. The van der Waals surface area contributed by atoms with Gasteiger partial charge >= 0.3 is 0 Å². The van der Waals surface area contributed by atoms with Crippen LogP contribution < -0.4 is 5.73 Å². The molecule has 0 aliphatic carbocycles. The van der Waals surface area contributed by atoms with E-state index in [-0.39, 0.29) is 0 Å². The maximum atomic E-state index is 5.82. The van der Waals surface area contributed by atoms with E-state index >= 15 is 0 Å². The molecule has 2 aromatic heterocycles. The van der Waals surface area contributed by atoms with Crippen LogP contribution in [0.5, 0.6) is 0 Å². The van der Waals surface area contributed by atoms with E-state index in [1.807, 2.05) is 33.2 Å². The highest BCUT2D eigenvalue weighted by Gasteiger charge is 2.07. The molecule has 15 heavy (non-hydrogen) atoms. The molecule has 80 valence electrons. The van der Waals surface area contributed by atoms with Crippen molar-refractivity contribution in [2.75, 3.05) is 5.73 Å². The van der Waals surface area contributed by atoms with Crippen LogP contribution in [0.25, 0.3) is 0 Å². The Hall–Kier alpha value is -1.78. The molecular weight excluding hydrogens is 190 g/mol. The first-order valence-electron chi connectivity index (χ1n) is 4.85. The molecule has 0 saturated carbocycles. The van der Waals surface area contributed by atoms with Crippen LogP contribution in [0.2, 0.25) is 0 Å². The third-order valence-corrected chi connectivity index (χ3v) is 2.37. The topological polar surface area (TPSA) is 61.7 Å². The van der Waals surface area contributed by atoms with Crippen molar-refractivity contribution in [1.82, 2.24) is 19.6 Å². The Bertz CT molecular complexity index is 436. The first kappa shape index (κ1) is 9.76. The molecule has 2 N–H and O–H groups in total. The van der Waals surface area contributed by atoms with Crippen LogP contribution in [0, 0.1) is 13.8 Å². The van der Waals surface area contributed by atoms with Gasteiger partial charge < -0.3 is 5.73 Å². The predicted molar refractivity (Wildman–Crippen MR) is 58.4 cm³/mol. The van der Waals surface area contributed by atoms with Gasteiger partial charge in [-0.1, -0.05) is 0 Å². The second-order valence-corrected chi connectivity index (χ2v) is 3.78. The lowest BCUT2D eigenvalue weighted by molar-refractivity contribution is 0.686. The van der Waals surface area contributed by atoms with Crippen molar-refractivity contribution in [1.29, 1.82) is 0 Å². The minimum atomic E-state index is 0.680. The van der Waals surface area contributed by atoms with E-state index in [0.717, 1.165) is 17.0 Å². The van der Waals surface area contributed by atoms with Gasteiger partial charge in [-0.25, -0.2) is 4.68 Å². The number of rotatable bonds is 2. The van der Waals surface area contributed by atoms with Crippen molar-refractivity contribution in [3.63, 3.8) is 0 Å². The van der Waals surface area contributed by atoms with Crippen LogP contribution in [0.3, 0.4) is 0 Å². The SMILES string of the molecule is Cc1cc(N)n(Cc2cn(C)nc2C)n1. The summed E-state index contributed by atoms with van der Waals surface area (Å²) < 4.78 is 3.59. The maximum absolute atomic E-state index is 5.82. The molecular formula is C10H15N5. The number of hydrogen-bond donors (Lipinski definition) is 1. The van der Waals surface area contributed by atoms with Crippen molar-refractivity contribution in [2.24, 2.45) is 7.05 Å².